The van der Waals surface area contributed by atoms with Crippen molar-refractivity contribution in [3.05, 3.63) is 34.7 Å². The fourth-order valence-electron chi connectivity index (χ4n) is 5.51. The number of nitrogens with zero attached hydrogens (tertiary/aromatic N) is 4. The van der Waals surface area contributed by atoms with Crippen LogP contribution in [-0.4, -0.2) is 64.3 Å². The maximum Gasteiger partial charge on any atom is 0.260 e. The molecule has 1 saturated heterocycles. The van der Waals surface area contributed by atoms with E-state index in [9.17, 15) is 14.3 Å². The number of benzene rings is 1. The average molecular weight is 468 g/mol. The van der Waals surface area contributed by atoms with Gasteiger partial charge in [0.15, 0.2) is 0 Å². The molecule has 0 unspecified atom stereocenters. The number of pyridine rings is 1. The molecule has 0 amide bonds. The van der Waals surface area contributed by atoms with Crippen LogP contribution in [0.4, 0.5) is 16.0 Å². The first-order valence-corrected chi connectivity index (χ1v) is 12.3. The summed E-state index contributed by atoms with van der Waals surface area (Å²) in [5.74, 6) is 0.428. The predicted molar refractivity (Wildman–Crippen MR) is 129 cm³/mol. The minimum absolute atomic E-state index is 0.0222. The van der Waals surface area contributed by atoms with Gasteiger partial charge in [-0.3, -0.25) is 9.36 Å². The molecule has 1 aliphatic heterocycles. The molecule has 3 aromatic rings. The number of rotatable bonds is 4. The lowest BCUT2D eigenvalue weighted by Crippen LogP contribution is -2.37. The van der Waals surface area contributed by atoms with E-state index in [4.69, 9.17) is 9.72 Å². The number of halogens is 1. The lowest BCUT2D eigenvalue weighted by Gasteiger charge is -2.31. The topological polar surface area (TPSA) is 92.5 Å². The number of aliphatic hydroxyl groups excluding tert-OH is 1. The number of alkyl halides is 1. The SMILES string of the molecule is O=c1c2cc(N3CCOCC3)ccc2c2cnc(NC3CC(F)C3)nc2n1[C@H]1CC[C@H](O)CC1. The molecule has 9 heteroatoms. The van der Waals surface area contributed by atoms with E-state index in [0.717, 1.165) is 42.4 Å². The third-order valence-electron chi connectivity index (χ3n) is 7.56. The van der Waals surface area contributed by atoms with Crippen LogP contribution in [0.25, 0.3) is 21.8 Å². The minimum atomic E-state index is -0.769. The molecule has 3 aliphatic rings. The number of nitrogens with one attached hydrogen (secondary N) is 1. The molecule has 8 nitrogen and oxygen atoms in total. The lowest BCUT2D eigenvalue weighted by molar-refractivity contribution is 0.111. The van der Waals surface area contributed by atoms with E-state index >= 15 is 0 Å². The van der Waals surface area contributed by atoms with Crippen LogP contribution in [0, 0.1) is 0 Å². The van der Waals surface area contributed by atoms with Crippen molar-refractivity contribution in [1.82, 2.24) is 14.5 Å². The maximum atomic E-state index is 13.9. The molecule has 2 aliphatic carbocycles. The van der Waals surface area contributed by atoms with Crippen molar-refractivity contribution in [2.24, 2.45) is 0 Å². The number of anilines is 2. The summed E-state index contributed by atoms with van der Waals surface area (Å²) in [6.45, 7) is 2.95. The van der Waals surface area contributed by atoms with E-state index < -0.39 is 6.17 Å². The van der Waals surface area contributed by atoms with Crippen LogP contribution in [0.2, 0.25) is 0 Å². The van der Waals surface area contributed by atoms with E-state index in [1.165, 1.54) is 0 Å². The van der Waals surface area contributed by atoms with Gasteiger partial charge in [0.1, 0.15) is 11.8 Å². The normalized spacial score (nSPS) is 27.6. The molecule has 0 radical (unpaired) electrons. The Balaban J connectivity index is 1.49. The molecule has 2 saturated carbocycles. The first-order valence-electron chi connectivity index (χ1n) is 12.3. The van der Waals surface area contributed by atoms with Crippen molar-refractivity contribution < 1.29 is 14.2 Å². The lowest BCUT2D eigenvalue weighted by atomic mass is 9.91. The molecule has 3 heterocycles. The molecule has 180 valence electrons. The van der Waals surface area contributed by atoms with Gasteiger partial charge in [0, 0.05) is 42.4 Å². The van der Waals surface area contributed by atoms with E-state index in [0.29, 0.717) is 55.9 Å². The summed E-state index contributed by atoms with van der Waals surface area (Å²) in [7, 11) is 0. The van der Waals surface area contributed by atoms with Crippen LogP contribution in [0.3, 0.4) is 0 Å². The Hall–Kier alpha value is -2.78. The highest BCUT2D eigenvalue weighted by Gasteiger charge is 2.30. The molecule has 6 rings (SSSR count). The Morgan fingerprint density at radius 1 is 1.06 bits per heavy atom. The van der Waals surface area contributed by atoms with Crippen LogP contribution >= 0.6 is 0 Å². The number of hydrogen-bond acceptors (Lipinski definition) is 7. The van der Waals surface area contributed by atoms with Gasteiger partial charge >= 0.3 is 0 Å². The van der Waals surface area contributed by atoms with Crippen molar-refractivity contribution in [3.8, 4) is 0 Å². The third kappa shape index (κ3) is 3.90. The van der Waals surface area contributed by atoms with Crippen molar-refractivity contribution in [1.29, 1.82) is 0 Å². The maximum absolute atomic E-state index is 13.9. The highest BCUT2D eigenvalue weighted by molar-refractivity contribution is 6.05. The standard InChI is InChI=1S/C25H30FN5O3/c26-15-11-16(12-15)28-25-27-14-22-20-6-3-18(30-7-9-34-10-8-30)13-21(20)24(33)31(23(22)29-25)17-1-4-19(32)5-2-17/h3,6,13-17,19,32H,1-2,4-5,7-12H2,(H,27,28,29)/t15?,16?,17-,19-. The van der Waals surface area contributed by atoms with Crippen molar-refractivity contribution in [3.63, 3.8) is 0 Å². The Bertz CT molecular complexity index is 1260. The quantitative estimate of drug-likeness (QED) is 0.570. The second-order valence-corrected chi connectivity index (χ2v) is 9.81. The summed E-state index contributed by atoms with van der Waals surface area (Å²) in [4.78, 5) is 25.5. The van der Waals surface area contributed by atoms with E-state index in [1.807, 2.05) is 16.7 Å². The molecule has 0 spiro atoms. The van der Waals surface area contributed by atoms with E-state index in [-0.39, 0.29) is 23.7 Å². The monoisotopic (exact) mass is 467 g/mol. The van der Waals surface area contributed by atoms with Gasteiger partial charge in [0.05, 0.1) is 24.7 Å². The van der Waals surface area contributed by atoms with Crippen LogP contribution < -0.4 is 15.8 Å². The second kappa shape index (κ2) is 8.78. The van der Waals surface area contributed by atoms with Crippen LogP contribution in [-0.2, 0) is 4.74 Å². The molecule has 34 heavy (non-hydrogen) atoms. The number of ether oxygens (including phenoxy) is 1. The van der Waals surface area contributed by atoms with Crippen molar-refractivity contribution in [2.75, 3.05) is 36.5 Å². The molecule has 2 N–H and O–H groups in total. The summed E-state index contributed by atoms with van der Waals surface area (Å²) < 4.78 is 20.6. The minimum Gasteiger partial charge on any atom is -0.393 e. The second-order valence-electron chi connectivity index (χ2n) is 9.81. The molecular weight excluding hydrogens is 437 g/mol. The summed E-state index contributed by atoms with van der Waals surface area (Å²) in [6.07, 6.45) is 4.39. The number of hydrogen-bond donors (Lipinski definition) is 2. The third-order valence-corrected chi connectivity index (χ3v) is 7.56. The van der Waals surface area contributed by atoms with Crippen molar-refractivity contribution >= 4 is 33.4 Å². The Kier molecular flexibility index (Phi) is 5.61. The summed E-state index contributed by atoms with van der Waals surface area (Å²) in [6, 6.07) is 6.02. The molecule has 1 aromatic carbocycles. The van der Waals surface area contributed by atoms with E-state index in [2.05, 4.69) is 21.3 Å². The van der Waals surface area contributed by atoms with Crippen molar-refractivity contribution in [2.45, 2.75) is 62.9 Å². The van der Waals surface area contributed by atoms with Gasteiger partial charge < -0.3 is 20.1 Å². The Morgan fingerprint density at radius 2 is 1.82 bits per heavy atom. The predicted octanol–water partition coefficient (Wildman–Crippen LogP) is 3.17. The summed E-state index contributed by atoms with van der Waals surface area (Å²) >= 11 is 0. The largest absolute Gasteiger partial charge is 0.393 e. The zero-order valence-corrected chi connectivity index (χ0v) is 19.1. The molecular formula is C25H30FN5O3. The summed E-state index contributed by atoms with van der Waals surface area (Å²) in [5.41, 5.74) is 1.56. The first-order chi connectivity index (χ1) is 16.6. The Labute approximate surface area is 196 Å². The zero-order chi connectivity index (χ0) is 23.2. The number of morpholine rings is 1. The molecule has 0 atom stereocenters. The van der Waals surface area contributed by atoms with Gasteiger partial charge in [-0.2, -0.15) is 4.98 Å². The van der Waals surface area contributed by atoms with Gasteiger partial charge in [-0.15, -0.1) is 0 Å². The van der Waals surface area contributed by atoms with Crippen LogP contribution in [0.1, 0.15) is 44.6 Å². The molecule has 2 aromatic heterocycles. The van der Waals surface area contributed by atoms with Gasteiger partial charge in [0.2, 0.25) is 5.95 Å². The highest BCUT2D eigenvalue weighted by atomic mass is 19.1. The number of aromatic nitrogens is 3. The van der Waals surface area contributed by atoms with Gasteiger partial charge in [-0.25, -0.2) is 9.37 Å². The smallest absolute Gasteiger partial charge is 0.260 e. The van der Waals surface area contributed by atoms with Gasteiger partial charge in [-0.1, -0.05) is 6.07 Å². The average Bonchev–Trinajstić information content (AvgIpc) is 2.84. The fraction of sp³-hybridized carbons (Fsp3) is 0.560. The fourth-order valence-corrected chi connectivity index (χ4v) is 5.51. The zero-order valence-electron chi connectivity index (χ0n) is 19.1. The Morgan fingerprint density at radius 3 is 2.56 bits per heavy atom. The first kappa shape index (κ1) is 21.7. The van der Waals surface area contributed by atoms with E-state index in [1.54, 1.807) is 6.20 Å². The van der Waals surface area contributed by atoms with Gasteiger partial charge in [0.25, 0.3) is 5.56 Å². The highest BCUT2D eigenvalue weighted by Crippen LogP contribution is 2.33. The van der Waals surface area contributed by atoms with Gasteiger partial charge in [-0.05, 0) is 56.0 Å². The van der Waals surface area contributed by atoms with Crippen LogP contribution in [0.15, 0.2) is 29.2 Å². The number of fused-ring (bicyclic) bond motifs is 3. The van der Waals surface area contributed by atoms with Crippen LogP contribution in [0.5, 0.6) is 0 Å². The number of aliphatic hydroxyl groups is 1. The molecule has 3 fully saturated rings. The molecule has 0 bridgehead atoms. The summed E-state index contributed by atoms with van der Waals surface area (Å²) in [5, 5.41) is 15.6.